The van der Waals surface area contributed by atoms with Crippen LogP contribution in [0.4, 0.5) is 0 Å². The highest BCUT2D eigenvalue weighted by Gasteiger charge is 2.30. The summed E-state index contributed by atoms with van der Waals surface area (Å²) in [5.74, 6) is -1.75. The van der Waals surface area contributed by atoms with Gasteiger partial charge in [0.1, 0.15) is 11.4 Å². The Bertz CT molecular complexity index is 583. The Balaban J connectivity index is 3.39. The van der Waals surface area contributed by atoms with Crippen molar-refractivity contribution in [3.05, 3.63) is 21.9 Å². The van der Waals surface area contributed by atoms with Crippen LogP contribution >= 0.6 is 11.6 Å². The number of aromatic nitrogens is 2. The molecule has 0 aliphatic carbocycles. The molecule has 0 aliphatic heterocycles. The van der Waals surface area contributed by atoms with Crippen LogP contribution in [0.25, 0.3) is 0 Å². The monoisotopic (exact) mass is 318 g/mol. The first-order chi connectivity index (χ1) is 9.76. The van der Waals surface area contributed by atoms with Gasteiger partial charge in [0, 0.05) is 19.0 Å². The molecule has 2 N–H and O–H groups in total. The second-order valence-corrected chi connectivity index (χ2v) is 5.27. The number of hydrogen-bond donors (Lipinski definition) is 2. The Morgan fingerprint density at radius 1 is 1.48 bits per heavy atom. The number of carboxylic acids is 1. The third-order valence-electron chi connectivity index (χ3n) is 2.94. The van der Waals surface area contributed by atoms with Gasteiger partial charge in [-0.3, -0.25) is 9.36 Å². The molecule has 118 valence electrons. The van der Waals surface area contributed by atoms with Gasteiger partial charge in [-0.2, -0.15) is 0 Å². The van der Waals surface area contributed by atoms with E-state index in [1.807, 2.05) is 0 Å². The fraction of sp³-hybridized carbons (Fsp3) is 0.615. The van der Waals surface area contributed by atoms with E-state index in [9.17, 15) is 14.7 Å². The number of aromatic carboxylic acids is 1. The van der Waals surface area contributed by atoms with Gasteiger partial charge in [-0.05, 0) is 27.2 Å². The van der Waals surface area contributed by atoms with Gasteiger partial charge < -0.3 is 14.9 Å². The molecule has 0 fully saturated rings. The molecule has 1 aromatic rings. The maximum atomic E-state index is 12.1. The maximum Gasteiger partial charge on any atom is 0.358 e. The first-order valence-corrected chi connectivity index (χ1v) is 7.07. The molecule has 0 atom stereocenters. The summed E-state index contributed by atoms with van der Waals surface area (Å²) in [5.41, 5.74) is -2.46. The van der Waals surface area contributed by atoms with Crippen LogP contribution in [0, 0.1) is 0 Å². The van der Waals surface area contributed by atoms with Crippen molar-refractivity contribution in [2.75, 3.05) is 12.5 Å². The van der Waals surface area contributed by atoms with E-state index in [-0.39, 0.29) is 12.4 Å². The lowest BCUT2D eigenvalue weighted by Gasteiger charge is -2.27. The Hall–Kier alpha value is -1.60. The smallest absolute Gasteiger partial charge is 0.358 e. The van der Waals surface area contributed by atoms with E-state index in [1.54, 1.807) is 20.8 Å². The van der Waals surface area contributed by atoms with Crippen molar-refractivity contribution in [3.63, 3.8) is 0 Å². The third kappa shape index (κ3) is 3.74. The molecule has 1 aromatic heterocycles. The van der Waals surface area contributed by atoms with Crippen molar-refractivity contribution in [2.45, 2.75) is 39.3 Å². The average Bonchev–Trinajstić information content (AvgIpc) is 2.41. The Labute approximate surface area is 127 Å². The second kappa shape index (κ2) is 6.91. The van der Waals surface area contributed by atoms with Gasteiger partial charge >= 0.3 is 5.97 Å². The highest BCUT2D eigenvalue weighted by atomic mass is 35.5. The van der Waals surface area contributed by atoms with Crippen molar-refractivity contribution in [2.24, 2.45) is 0 Å². The van der Waals surface area contributed by atoms with Gasteiger partial charge in [0.05, 0.1) is 0 Å². The van der Waals surface area contributed by atoms with E-state index >= 15 is 0 Å². The quantitative estimate of drug-likeness (QED) is 0.584. The normalized spacial score (nSPS) is 11.6. The number of aromatic hydroxyl groups is 1. The number of rotatable bonds is 7. The molecule has 0 saturated carbocycles. The van der Waals surface area contributed by atoms with Crippen molar-refractivity contribution >= 4 is 17.6 Å². The van der Waals surface area contributed by atoms with Crippen LogP contribution in [0.2, 0.25) is 0 Å². The van der Waals surface area contributed by atoms with Crippen LogP contribution in [0.15, 0.2) is 4.79 Å². The highest BCUT2D eigenvalue weighted by Crippen LogP contribution is 2.24. The lowest BCUT2D eigenvalue weighted by molar-refractivity contribution is -0.0311. The van der Waals surface area contributed by atoms with E-state index in [0.29, 0.717) is 18.9 Å². The summed E-state index contributed by atoms with van der Waals surface area (Å²) >= 11 is 5.59. The van der Waals surface area contributed by atoms with E-state index in [0.717, 1.165) is 0 Å². The van der Waals surface area contributed by atoms with Gasteiger partial charge in [0.25, 0.3) is 5.56 Å². The summed E-state index contributed by atoms with van der Waals surface area (Å²) in [6.45, 7) is 5.63. The largest absolute Gasteiger partial charge is 0.501 e. The number of hydrogen-bond acceptors (Lipinski definition) is 5. The molecule has 21 heavy (non-hydrogen) atoms. The molecule has 0 saturated heterocycles. The number of ether oxygens (including phenoxy) is 1. The fourth-order valence-electron chi connectivity index (χ4n) is 1.89. The van der Waals surface area contributed by atoms with Crippen molar-refractivity contribution < 1.29 is 19.7 Å². The molecule has 0 spiro atoms. The number of alkyl halides is 1. The molecular formula is C13H19ClN2O5. The Kier molecular flexibility index (Phi) is 5.74. The standard InChI is InChI=1S/C13H19ClN2O5/c1-4-16-10(18)9(17)8(11(19)20)15-12(16)13(2,3)21-7-5-6-14/h17H,4-7H2,1-3H3,(H,19,20). The second-order valence-electron chi connectivity index (χ2n) is 4.89. The van der Waals surface area contributed by atoms with Crippen LogP contribution in [-0.2, 0) is 16.9 Å². The first-order valence-electron chi connectivity index (χ1n) is 6.53. The molecule has 8 heteroatoms. The first kappa shape index (κ1) is 17.5. The summed E-state index contributed by atoms with van der Waals surface area (Å²) in [7, 11) is 0. The van der Waals surface area contributed by atoms with Gasteiger partial charge in [-0.15, -0.1) is 11.6 Å². The fourth-order valence-corrected chi connectivity index (χ4v) is 2.00. The summed E-state index contributed by atoms with van der Waals surface area (Å²) in [4.78, 5) is 27.0. The molecular weight excluding hydrogens is 300 g/mol. The van der Waals surface area contributed by atoms with E-state index < -0.39 is 28.6 Å². The zero-order chi connectivity index (χ0) is 16.2. The number of halogens is 1. The van der Waals surface area contributed by atoms with Crippen LogP contribution in [0.3, 0.4) is 0 Å². The van der Waals surface area contributed by atoms with Gasteiger partial charge in [-0.1, -0.05) is 0 Å². The topological polar surface area (TPSA) is 102 Å². The zero-order valence-corrected chi connectivity index (χ0v) is 13.0. The minimum absolute atomic E-state index is 0.153. The molecule has 7 nitrogen and oxygen atoms in total. The summed E-state index contributed by atoms with van der Waals surface area (Å²) in [5, 5.41) is 18.7. The van der Waals surface area contributed by atoms with Crippen LogP contribution < -0.4 is 5.56 Å². The molecule has 0 radical (unpaired) electrons. The van der Waals surface area contributed by atoms with Crippen LogP contribution in [0.5, 0.6) is 5.75 Å². The van der Waals surface area contributed by atoms with Gasteiger partial charge in [0.2, 0.25) is 5.75 Å². The molecule has 0 unspecified atom stereocenters. The average molecular weight is 319 g/mol. The lowest BCUT2D eigenvalue weighted by Crippen LogP contribution is -2.36. The van der Waals surface area contributed by atoms with Crippen molar-refractivity contribution in [1.29, 1.82) is 0 Å². The molecule has 1 rings (SSSR count). The number of carboxylic acid groups (broad SMARTS) is 1. The molecule has 0 aromatic carbocycles. The van der Waals surface area contributed by atoms with Crippen LogP contribution in [-0.4, -0.2) is 38.2 Å². The summed E-state index contributed by atoms with van der Waals surface area (Å²) < 4.78 is 6.84. The summed E-state index contributed by atoms with van der Waals surface area (Å²) in [6, 6.07) is 0. The van der Waals surface area contributed by atoms with E-state index in [4.69, 9.17) is 21.4 Å². The van der Waals surface area contributed by atoms with Crippen LogP contribution in [0.1, 0.15) is 43.5 Å². The van der Waals surface area contributed by atoms with Crippen molar-refractivity contribution in [1.82, 2.24) is 9.55 Å². The van der Waals surface area contributed by atoms with E-state index in [1.165, 1.54) is 4.57 Å². The summed E-state index contributed by atoms with van der Waals surface area (Å²) in [6.07, 6.45) is 0.616. The number of nitrogens with zero attached hydrogens (tertiary/aromatic N) is 2. The SMILES string of the molecule is CCn1c(C(C)(C)OCCCCl)nc(C(=O)O)c(O)c1=O. The maximum absolute atomic E-state index is 12.1. The predicted molar refractivity (Wildman–Crippen MR) is 77.1 cm³/mol. The molecule has 0 bridgehead atoms. The van der Waals surface area contributed by atoms with Gasteiger partial charge in [0.15, 0.2) is 5.69 Å². The minimum Gasteiger partial charge on any atom is -0.501 e. The van der Waals surface area contributed by atoms with E-state index in [2.05, 4.69) is 4.98 Å². The molecule has 0 amide bonds. The Morgan fingerprint density at radius 3 is 2.57 bits per heavy atom. The lowest BCUT2D eigenvalue weighted by atomic mass is 10.1. The zero-order valence-electron chi connectivity index (χ0n) is 12.2. The molecule has 1 heterocycles. The molecule has 0 aliphatic rings. The van der Waals surface area contributed by atoms with Crippen molar-refractivity contribution in [3.8, 4) is 5.75 Å². The third-order valence-corrected chi connectivity index (χ3v) is 3.21. The Morgan fingerprint density at radius 2 is 2.10 bits per heavy atom. The minimum atomic E-state index is -1.47. The van der Waals surface area contributed by atoms with Gasteiger partial charge in [-0.25, -0.2) is 9.78 Å². The number of carbonyl (C=O) groups is 1. The predicted octanol–water partition coefficient (Wildman–Crippen LogP) is 1.55. The highest BCUT2D eigenvalue weighted by molar-refractivity contribution is 6.17.